The molecule has 0 fully saturated rings. The van der Waals surface area contributed by atoms with E-state index >= 15 is 0 Å². The van der Waals surface area contributed by atoms with Gasteiger partial charge in [0.2, 0.25) is 0 Å². The van der Waals surface area contributed by atoms with E-state index in [4.69, 9.17) is 4.74 Å². The number of nitrogens with zero attached hydrogens (tertiary/aromatic N) is 3. The van der Waals surface area contributed by atoms with Crippen molar-refractivity contribution in [1.82, 2.24) is 0 Å². The average molecular weight is 493 g/mol. The Morgan fingerprint density at radius 1 is 0.971 bits per heavy atom. The highest BCUT2D eigenvalue weighted by atomic mass is 32.2. The Kier molecular flexibility index (Phi) is 6.32. The van der Waals surface area contributed by atoms with E-state index in [9.17, 15) is 28.2 Å². The summed E-state index contributed by atoms with van der Waals surface area (Å²) in [6.07, 6.45) is 0. The second-order valence-electron chi connectivity index (χ2n) is 7.27. The highest BCUT2D eigenvalue weighted by Gasteiger charge is 2.19. The minimum Gasteiger partial charge on any atom is -0.744 e. The molecule has 0 saturated heterocycles. The molecule has 12 heteroatoms. The third kappa shape index (κ3) is 5.03. The van der Waals surface area contributed by atoms with Gasteiger partial charge in [-0.15, -0.1) is 10.2 Å². The summed E-state index contributed by atoms with van der Waals surface area (Å²) in [4.78, 5) is 9.66. The molecule has 178 valence electrons. The fourth-order valence-electron chi connectivity index (χ4n) is 3.37. The van der Waals surface area contributed by atoms with Crippen molar-refractivity contribution in [3.63, 3.8) is 0 Å². The minimum atomic E-state index is -5.07. The van der Waals surface area contributed by atoms with Crippen molar-refractivity contribution in [2.45, 2.75) is 4.90 Å². The van der Waals surface area contributed by atoms with Crippen LogP contribution in [-0.2, 0) is 10.1 Å². The van der Waals surface area contributed by atoms with Crippen LogP contribution in [0.15, 0.2) is 87.9 Å². The monoisotopic (exact) mass is 493 g/mol. The largest absolute Gasteiger partial charge is 0.744 e. The van der Waals surface area contributed by atoms with Gasteiger partial charge >= 0.3 is 0 Å². The number of non-ortho nitro benzene ring substituents is 1. The lowest BCUT2D eigenvalue weighted by atomic mass is 10.1. The molecule has 11 nitrogen and oxygen atoms in total. The SMILES string of the molecule is COc1ccc([N+](=O)[O-])cc1N=Nc1c(S(=O)(=O)[O-])cc2ccc(Nc3ccccc3)cc2c1O. The van der Waals surface area contributed by atoms with E-state index in [2.05, 4.69) is 15.5 Å². The summed E-state index contributed by atoms with van der Waals surface area (Å²) in [5, 5.41) is 33.3. The maximum absolute atomic E-state index is 11.9. The zero-order chi connectivity index (χ0) is 25.2. The van der Waals surface area contributed by atoms with Gasteiger partial charge in [-0.05, 0) is 41.8 Å². The number of fused-ring (bicyclic) bond motifs is 1. The van der Waals surface area contributed by atoms with E-state index in [0.29, 0.717) is 5.69 Å². The van der Waals surface area contributed by atoms with Crippen molar-refractivity contribution in [3.8, 4) is 11.5 Å². The Morgan fingerprint density at radius 2 is 1.71 bits per heavy atom. The Bertz CT molecular complexity index is 1570. The summed E-state index contributed by atoms with van der Waals surface area (Å²) >= 11 is 0. The minimum absolute atomic E-state index is 0.102. The molecule has 2 N–H and O–H groups in total. The maximum Gasteiger partial charge on any atom is 0.271 e. The van der Waals surface area contributed by atoms with Gasteiger partial charge in [0.25, 0.3) is 5.69 Å². The number of hydrogen-bond donors (Lipinski definition) is 2. The van der Waals surface area contributed by atoms with Gasteiger partial charge in [-0.25, -0.2) is 8.42 Å². The van der Waals surface area contributed by atoms with E-state index in [1.165, 1.54) is 19.2 Å². The number of nitro groups is 1. The topological polar surface area (TPSA) is 167 Å². The van der Waals surface area contributed by atoms with Crippen LogP contribution in [0.25, 0.3) is 10.8 Å². The van der Waals surface area contributed by atoms with Crippen LogP contribution in [0.1, 0.15) is 0 Å². The number of phenolic OH excluding ortho intramolecular Hbond substituents is 1. The number of nitro benzene ring substituents is 1. The van der Waals surface area contributed by atoms with Crippen molar-refractivity contribution >= 4 is 49.3 Å². The Balaban J connectivity index is 1.86. The highest BCUT2D eigenvalue weighted by Crippen LogP contribution is 2.43. The lowest BCUT2D eigenvalue weighted by Gasteiger charge is -2.15. The van der Waals surface area contributed by atoms with E-state index in [1.807, 2.05) is 30.3 Å². The van der Waals surface area contributed by atoms with E-state index in [-0.39, 0.29) is 27.9 Å². The fourth-order valence-corrected chi connectivity index (χ4v) is 4.01. The number of phenols is 1. The van der Waals surface area contributed by atoms with Crippen molar-refractivity contribution in [1.29, 1.82) is 0 Å². The first-order valence-corrected chi connectivity index (χ1v) is 11.4. The van der Waals surface area contributed by atoms with Crippen LogP contribution >= 0.6 is 0 Å². The van der Waals surface area contributed by atoms with Crippen LogP contribution in [0, 0.1) is 10.1 Å². The van der Waals surface area contributed by atoms with Crippen LogP contribution in [0.2, 0.25) is 0 Å². The molecule has 0 aliphatic heterocycles. The number of anilines is 2. The molecule has 0 aromatic heterocycles. The second kappa shape index (κ2) is 9.37. The number of azo groups is 1. The lowest BCUT2D eigenvalue weighted by molar-refractivity contribution is -0.384. The van der Waals surface area contributed by atoms with Crippen LogP contribution in [0.3, 0.4) is 0 Å². The molecule has 35 heavy (non-hydrogen) atoms. The van der Waals surface area contributed by atoms with Gasteiger partial charge in [-0.1, -0.05) is 24.3 Å². The summed E-state index contributed by atoms with van der Waals surface area (Å²) in [6.45, 7) is 0. The molecule has 0 unspecified atom stereocenters. The number of para-hydroxylation sites is 1. The predicted octanol–water partition coefficient (Wildman–Crippen LogP) is 5.53. The van der Waals surface area contributed by atoms with Crippen LogP contribution < -0.4 is 10.1 Å². The first-order chi connectivity index (χ1) is 16.7. The van der Waals surface area contributed by atoms with Gasteiger partial charge in [0.1, 0.15) is 27.2 Å². The Labute approximate surface area is 199 Å². The molecule has 0 aliphatic rings. The fraction of sp³-hybridized carbons (Fsp3) is 0.0435. The molecule has 0 spiro atoms. The van der Waals surface area contributed by atoms with Crippen molar-refractivity contribution in [2.75, 3.05) is 12.4 Å². The number of benzene rings is 4. The maximum atomic E-state index is 11.9. The summed E-state index contributed by atoms with van der Waals surface area (Å²) in [5.74, 6) is -0.484. The predicted molar refractivity (Wildman–Crippen MR) is 127 cm³/mol. The number of aromatic hydroxyl groups is 1. The summed E-state index contributed by atoms with van der Waals surface area (Å²) in [6, 6.07) is 18.6. The lowest BCUT2D eigenvalue weighted by Crippen LogP contribution is -2.00. The van der Waals surface area contributed by atoms with Gasteiger partial charge in [-0.3, -0.25) is 10.1 Å². The van der Waals surface area contributed by atoms with Crippen LogP contribution in [-0.4, -0.2) is 30.1 Å². The van der Waals surface area contributed by atoms with Crippen LogP contribution in [0.5, 0.6) is 11.5 Å². The molecular weight excluding hydrogens is 476 g/mol. The van der Waals surface area contributed by atoms with Gasteiger partial charge in [-0.2, -0.15) is 0 Å². The molecule has 0 saturated carbocycles. The van der Waals surface area contributed by atoms with Crippen molar-refractivity contribution in [2.24, 2.45) is 10.2 Å². The molecule has 4 aromatic rings. The number of hydrogen-bond acceptors (Lipinski definition) is 10. The number of rotatable bonds is 7. The molecule has 0 amide bonds. The van der Waals surface area contributed by atoms with E-state index < -0.39 is 31.4 Å². The molecule has 0 bridgehead atoms. The standard InChI is InChI=1S/C23H18N4O7S/c1-34-20-10-9-17(27(29)30)13-19(20)25-26-22-21(35(31,32)33)11-14-7-8-16(12-18(14)23(22)28)24-15-5-3-2-4-6-15/h2-13,24,28H,1H3,(H,31,32,33)/p-1. The van der Waals surface area contributed by atoms with Crippen molar-refractivity contribution in [3.05, 3.63) is 82.9 Å². The molecule has 0 heterocycles. The number of nitrogens with one attached hydrogen (secondary N) is 1. The molecular formula is C23H17N4O7S-. The molecule has 0 aliphatic carbocycles. The first-order valence-electron chi connectivity index (χ1n) is 9.99. The average Bonchev–Trinajstić information content (AvgIpc) is 2.83. The molecule has 4 rings (SSSR count). The summed E-state index contributed by atoms with van der Waals surface area (Å²) in [7, 11) is -3.76. The van der Waals surface area contributed by atoms with Gasteiger partial charge in [0, 0.05) is 28.9 Å². The number of methoxy groups -OCH3 is 1. The smallest absolute Gasteiger partial charge is 0.271 e. The second-order valence-corrected chi connectivity index (χ2v) is 8.61. The normalized spacial score (nSPS) is 11.6. The number of ether oxygens (including phenoxy) is 1. The van der Waals surface area contributed by atoms with Gasteiger partial charge in [0.15, 0.2) is 5.75 Å². The molecule has 4 aromatic carbocycles. The van der Waals surface area contributed by atoms with Gasteiger partial charge < -0.3 is 19.7 Å². The zero-order valence-electron chi connectivity index (χ0n) is 18.1. The van der Waals surface area contributed by atoms with E-state index in [0.717, 1.165) is 17.8 Å². The Hall–Kier alpha value is -4.55. The first kappa shape index (κ1) is 23.6. The molecule has 0 atom stereocenters. The van der Waals surface area contributed by atoms with Crippen molar-refractivity contribution < 1.29 is 27.7 Å². The van der Waals surface area contributed by atoms with Gasteiger partial charge in [0.05, 0.1) is 16.9 Å². The zero-order valence-corrected chi connectivity index (χ0v) is 18.9. The molecule has 0 radical (unpaired) electrons. The third-order valence-electron chi connectivity index (χ3n) is 5.02. The quantitative estimate of drug-likeness (QED) is 0.147. The summed E-state index contributed by atoms with van der Waals surface area (Å²) in [5.41, 5.74) is 0.353. The van der Waals surface area contributed by atoms with Crippen LogP contribution in [0.4, 0.5) is 28.4 Å². The van der Waals surface area contributed by atoms with E-state index in [1.54, 1.807) is 18.2 Å². The highest BCUT2D eigenvalue weighted by molar-refractivity contribution is 7.86. The Morgan fingerprint density at radius 3 is 2.37 bits per heavy atom. The third-order valence-corrected chi connectivity index (χ3v) is 5.87. The summed E-state index contributed by atoms with van der Waals surface area (Å²) < 4.78 is 40.9.